The van der Waals surface area contributed by atoms with E-state index in [-0.39, 0.29) is 12.2 Å². The van der Waals surface area contributed by atoms with Crippen LogP contribution in [0.5, 0.6) is 11.5 Å². The topological polar surface area (TPSA) is 48.4 Å². The van der Waals surface area contributed by atoms with Gasteiger partial charge in [-0.25, -0.2) is 9.37 Å². The van der Waals surface area contributed by atoms with Crippen molar-refractivity contribution < 1.29 is 18.7 Å². The number of hydrogen-bond donors (Lipinski definition) is 0. The molecule has 29 heavy (non-hydrogen) atoms. The van der Waals surface area contributed by atoms with Crippen molar-refractivity contribution in [3.8, 4) is 22.1 Å². The van der Waals surface area contributed by atoms with Gasteiger partial charge >= 0.3 is 5.97 Å². The van der Waals surface area contributed by atoms with Gasteiger partial charge in [0, 0.05) is 22.4 Å². The van der Waals surface area contributed by atoms with Gasteiger partial charge in [-0.2, -0.15) is 0 Å². The molecular formula is C21H18FNO3S3. The van der Waals surface area contributed by atoms with E-state index in [9.17, 15) is 9.18 Å². The first-order chi connectivity index (χ1) is 14.1. The number of thioether (sulfide) groups is 2. The zero-order chi connectivity index (χ0) is 20.2. The molecule has 1 aliphatic rings. The Morgan fingerprint density at radius 1 is 1.17 bits per heavy atom. The van der Waals surface area contributed by atoms with Crippen molar-refractivity contribution in [2.45, 2.75) is 11.0 Å². The fourth-order valence-electron chi connectivity index (χ4n) is 2.91. The lowest BCUT2D eigenvalue weighted by Crippen LogP contribution is -2.12. The summed E-state index contributed by atoms with van der Waals surface area (Å²) < 4.78 is 24.7. The number of methoxy groups -OCH3 is 1. The largest absolute Gasteiger partial charge is 0.493 e. The minimum Gasteiger partial charge on any atom is -0.493 e. The Kier molecular flexibility index (Phi) is 6.42. The quantitative estimate of drug-likeness (QED) is 0.363. The molecule has 2 aromatic carbocycles. The number of carbonyl (C=O) groups is 1. The summed E-state index contributed by atoms with van der Waals surface area (Å²) in [5.41, 5.74) is 2.44. The number of carbonyl (C=O) groups excluding carboxylic acids is 1. The van der Waals surface area contributed by atoms with Crippen molar-refractivity contribution in [3.63, 3.8) is 0 Å². The van der Waals surface area contributed by atoms with E-state index < -0.39 is 5.97 Å². The van der Waals surface area contributed by atoms with Gasteiger partial charge in [-0.1, -0.05) is 18.2 Å². The summed E-state index contributed by atoms with van der Waals surface area (Å²) in [5.74, 6) is 2.48. The molecule has 0 unspecified atom stereocenters. The van der Waals surface area contributed by atoms with E-state index in [0.717, 1.165) is 17.1 Å². The molecule has 1 fully saturated rings. The molecule has 150 valence electrons. The monoisotopic (exact) mass is 447 g/mol. The van der Waals surface area contributed by atoms with Gasteiger partial charge in [0.2, 0.25) is 0 Å². The molecule has 0 bridgehead atoms. The highest BCUT2D eigenvalue weighted by Gasteiger charge is 2.21. The standard InChI is InChI=1S/C21H18FNO3S3/c1-25-18-10-14(21-27-7-8-28-21)5-6-17(18)26-19(24)11-16-12-29-20(23-16)13-3-2-4-15(22)9-13/h2-6,9-10,12,21H,7-8,11H2,1H3. The highest BCUT2D eigenvalue weighted by molar-refractivity contribution is 8.19. The molecule has 8 heteroatoms. The Labute approximate surface area is 180 Å². The Hall–Kier alpha value is -2.03. The van der Waals surface area contributed by atoms with E-state index >= 15 is 0 Å². The van der Waals surface area contributed by atoms with Crippen molar-refractivity contribution in [1.82, 2.24) is 4.98 Å². The van der Waals surface area contributed by atoms with E-state index in [2.05, 4.69) is 4.98 Å². The second kappa shape index (κ2) is 9.19. The Morgan fingerprint density at radius 3 is 2.76 bits per heavy atom. The number of rotatable bonds is 6. The van der Waals surface area contributed by atoms with Crippen molar-refractivity contribution in [2.24, 2.45) is 0 Å². The average Bonchev–Trinajstić information content (AvgIpc) is 3.40. The fourth-order valence-corrected chi connectivity index (χ4v) is 6.57. The molecule has 0 radical (unpaired) electrons. The molecule has 3 aromatic rings. The minimum absolute atomic E-state index is 0.0328. The predicted octanol–water partition coefficient (Wildman–Crippen LogP) is 5.58. The number of nitrogens with zero attached hydrogens (tertiary/aromatic N) is 1. The maximum Gasteiger partial charge on any atom is 0.317 e. The SMILES string of the molecule is COc1cc(C2SCCS2)ccc1OC(=O)Cc1csc(-c2cccc(F)c2)n1. The summed E-state index contributed by atoms with van der Waals surface area (Å²) in [6.07, 6.45) is 0.0328. The number of halogens is 1. The summed E-state index contributed by atoms with van der Waals surface area (Å²) in [6, 6.07) is 11.9. The molecule has 2 heterocycles. The molecule has 0 spiro atoms. The lowest BCUT2D eigenvalue weighted by molar-refractivity contribution is -0.133. The molecule has 0 aliphatic carbocycles. The number of esters is 1. The number of thiazole rings is 1. The Bertz CT molecular complexity index is 1020. The van der Waals surface area contributed by atoms with Crippen LogP contribution in [0.1, 0.15) is 15.8 Å². The van der Waals surface area contributed by atoms with Gasteiger partial charge in [0.05, 0.1) is 23.8 Å². The number of ether oxygens (including phenoxy) is 2. The van der Waals surface area contributed by atoms with Crippen LogP contribution in [0.3, 0.4) is 0 Å². The number of benzene rings is 2. The summed E-state index contributed by atoms with van der Waals surface area (Å²) in [7, 11) is 1.57. The molecule has 1 aromatic heterocycles. The summed E-state index contributed by atoms with van der Waals surface area (Å²) in [6.45, 7) is 0. The first-order valence-electron chi connectivity index (χ1n) is 8.94. The van der Waals surface area contributed by atoms with Gasteiger partial charge in [0.15, 0.2) is 11.5 Å². The maximum atomic E-state index is 13.4. The second-order valence-electron chi connectivity index (χ2n) is 6.29. The Balaban J connectivity index is 1.43. The van der Waals surface area contributed by atoms with Crippen LogP contribution >= 0.6 is 34.9 Å². The van der Waals surface area contributed by atoms with Gasteiger partial charge in [-0.3, -0.25) is 4.79 Å². The van der Waals surface area contributed by atoms with Gasteiger partial charge in [0.1, 0.15) is 10.8 Å². The zero-order valence-electron chi connectivity index (χ0n) is 15.6. The molecule has 0 atom stereocenters. The Morgan fingerprint density at radius 2 is 2.00 bits per heavy atom. The zero-order valence-corrected chi connectivity index (χ0v) is 18.0. The van der Waals surface area contributed by atoms with Crippen LogP contribution < -0.4 is 9.47 Å². The lowest BCUT2D eigenvalue weighted by atomic mass is 10.2. The van der Waals surface area contributed by atoms with Crippen molar-refractivity contribution in [3.05, 3.63) is 64.9 Å². The third kappa shape index (κ3) is 4.94. The van der Waals surface area contributed by atoms with Crippen LogP contribution in [-0.2, 0) is 11.2 Å². The minimum atomic E-state index is -0.420. The van der Waals surface area contributed by atoms with E-state index in [1.54, 1.807) is 30.7 Å². The van der Waals surface area contributed by atoms with Gasteiger partial charge < -0.3 is 9.47 Å². The first kappa shape index (κ1) is 20.3. The lowest BCUT2D eigenvalue weighted by Gasteiger charge is -2.13. The molecular weight excluding hydrogens is 429 g/mol. The molecule has 0 N–H and O–H groups in total. The first-order valence-corrected chi connectivity index (χ1v) is 11.9. The molecule has 1 saturated heterocycles. The highest BCUT2D eigenvalue weighted by Crippen LogP contribution is 2.47. The molecule has 1 aliphatic heterocycles. The predicted molar refractivity (Wildman–Crippen MR) is 117 cm³/mol. The molecule has 0 amide bonds. The van der Waals surface area contributed by atoms with Crippen LogP contribution in [0.4, 0.5) is 4.39 Å². The van der Waals surface area contributed by atoms with E-state index in [4.69, 9.17) is 9.47 Å². The van der Waals surface area contributed by atoms with E-state index in [1.165, 1.54) is 23.5 Å². The van der Waals surface area contributed by atoms with Crippen molar-refractivity contribution in [2.75, 3.05) is 18.6 Å². The third-order valence-corrected chi connectivity index (χ3v) is 8.30. The molecule has 4 nitrogen and oxygen atoms in total. The summed E-state index contributed by atoms with van der Waals surface area (Å²) >= 11 is 5.18. The van der Waals surface area contributed by atoms with Crippen LogP contribution in [0.25, 0.3) is 10.6 Å². The molecule has 0 saturated carbocycles. The maximum absolute atomic E-state index is 13.4. The number of hydrogen-bond acceptors (Lipinski definition) is 7. The fraction of sp³-hybridized carbons (Fsp3) is 0.238. The summed E-state index contributed by atoms with van der Waals surface area (Å²) in [5, 5.41) is 2.46. The van der Waals surface area contributed by atoms with Crippen molar-refractivity contribution >= 4 is 40.8 Å². The van der Waals surface area contributed by atoms with Gasteiger partial charge in [0.25, 0.3) is 0 Å². The van der Waals surface area contributed by atoms with Crippen LogP contribution in [0.15, 0.2) is 47.8 Å². The van der Waals surface area contributed by atoms with Gasteiger partial charge in [-0.15, -0.1) is 34.9 Å². The third-order valence-electron chi connectivity index (χ3n) is 4.25. The molecule has 4 rings (SSSR count). The normalized spacial score (nSPS) is 14.1. The average molecular weight is 448 g/mol. The van der Waals surface area contributed by atoms with Crippen LogP contribution in [0, 0.1) is 5.82 Å². The number of aromatic nitrogens is 1. The second-order valence-corrected chi connectivity index (χ2v) is 9.87. The van der Waals surface area contributed by atoms with E-state index in [0.29, 0.717) is 32.3 Å². The summed E-state index contributed by atoms with van der Waals surface area (Å²) in [4.78, 5) is 16.8. The smallest absolute Gasteiger partial charge is 0.317 e. The van der Waals surface area contributed by atoms with Crippen molar-refractivity contribution in [1.29, 1.82) is 0 Å². The van der Waals surface area contributed by atoms with E-state index in [1.807, 2.05) is 35.7 Å². The van der Waals surface area contributed by atoms with Crippen LogP contribution in [0.2, 0.25) is 0 Å². The highest BCUT2D eigenvalue weighted by atomic mass is 32.2. The van der Waals surface area contributed by atoms with Crippen LogP contribution in [-0.4, -0.2) is 29.6 Å². The van der Waals surface area contributed by atoms with Gasteiger partial charge in [-0.05, 0) is 29.8 Å².